The third-order valence-electron chi connectivity index (χ3n) is 3.98. The molecule has 3 atom stereocenters. The molecule has 3 rings (SSSR count). The van der Waals surface area contributed by atoms with Crippen molar-refractivity contribution in [1.82, 2.24) is 4.98 Å². The summed E-state index contributed by atoms with van der Waals surface area (Å²) in [5.41, 5.74) is 0.462. The first-order valence-electron chi connectivity index (χ1n) is 5.42. The molecule has 1 aromatic rings. The van der Waals surface area contributed by atoms with E-state index in [-0.39, 0.29) is 0 Å². The van der Waals surface area contributed by atoms with Gasteiger partial charge in [0.05, 0.1) is 5.60 Å². The Hall–Kier alpha value is -0.890. The van der Waals surface area contributed by atoms with Crippen molar-refractivity contribution >= 4 is 0 Å². The van der Waals surface area contributed by atoms with Gasteiger partial charge in [-0.15, -0.1) is 0 Å². The molecule has 0 aromatic carbocycles. The number of hydrogen-bond donors (Lipinski definition) is 1. The topological polar surface area (TPSA) is 33.1 Å². The molecule has 1 N–H and O–H groups in total. The van der Waals surface area contributed by atoms with E-state index in [1.165, 1.54) is 19.3 Å². The van der Waals surface area contributed by atoms with Crippen LogP contribution < -0.4 is 0 Å². The van der Waals surface area contributed by atoms with Crippen LogP contribution in [0.3, 0.4) is 0 Å². The monoisotopic (exact) mass is 189 g/mol. The highest BCUT2D eigenvalue weighted by Gasteiger charge is 2.50. The summed E-state index contributed by atoms with van der Waals surface area (Å²) >= 11 is 0. The highest BCUT2D eigenvalue weighted by atomic mass is 16.3. The second-order valence-electron chi connectivity index (χ2n) is 4.75. The van der Waals surface area contributed by atoms with Gasteiger partial charge in [-0.3, -0.25) is 4.98 Å². The Morgan fingerprint density at radius 3 is 2.93 bits per heavy atom. The van der Waals surface area contributed by atoms with Crippen LogP contribution in [0.1, 0.15) is 31.2 Å². The van der Waals surface area contributed by atoms with Crippen molar-refractivity contribution in [2.75, 3.05) is 0 Å². The number of aromatic nitrogens is 1. The smallest absolute Gasteiger partial charge is 0.0942 e. The average molecular weight is 189 g/mol. The zero-order valence-corrected chi connectivity index (χ0v) is 8.19. The van der Waals surface area contributed by atoms with Gasteiger partial charge in [-0.1, -0.05) is 6.07 Å². The first-order valence-corrected chi connectivity index (χ1v) is 5.42. The second-order valence-corrected chi connectivity index (χ2v) is 4.75. The normalized spacial score (nSPS) is 40.4. The minimum absolute atomic E-state index is 0.483. The molecule has 2 bridgehead atoms. The van der Waals surface area contributed by atoms with Crippen LogP contribution in [0.5, 0.6) is 0 Å². The number of nitrogens with zero attached hydrogens (tertiary/aromatic N) is 1. The maximum absolute atomic E-state index is 10.6. The van der Waals surface area contributed by atoms with Crippen molar-refractivity contribution in [3.63, 3.8) is 0 Å². The molecule has 0 amide bonds. The average Bonchev–Trinajstić information content (AvgIpc) is 2.79. The van der Waals surface area contributed by atoms with E-state index in [2.05, 4.69) is 4.98 Å². The predicted molar refractivity (Wildman–Crippen MR) is 53.6 cm³/mol. The Morgan fingerprint density at radius 2 is 2.36 bits per heavy atom. The molecule has 0 spiro atoms. The summed E-state index contributed by atoms with van der Waals surface area (Å²) in [6.07, 6.45) is 8.25. The van der Waals surface area contributed by atoms with Crippen molar-refractivity contribution in [3.8, 4) is 0 Å². The van der Waals surface area contributed by atoms with E-state index in [0.29, 0.717) is 5.92 Å². The Kier molecular flexibility index (Phi) is 1.68. The molecule has 14 heavy (non-hydrogen) atoms. The largest absolute Gasteiger partial charge is 0.385 e. The summed E-state index contributed by atoms with van der Waals surface area (Å²) in [6, 6.07) is 3.92. The minimum atomic E-state index is -0.558. The summed E-state index contributed by atoms with van der Waals surface area (Å²) in [6.45, 7) is 0. The number of rotatable bonds is 1. The van der Waals surface area contributed by atoms with Gasteiger partial charge in [-0.2, -0.15) is 0 Å². The van der Waals surface area contributed by atoms with Crippen LogP contribution in [0.15, 0.2) is 24.5 Å². The molecule has 3 unspecified atom stereocenters. The zero-order valence-electron chi connectivity index (χ0n) is 8.19. The quantitative estimate of drug-likeness (QED) is 0.733. The highest BCUT2D eigenvalue weighted by Crippen LogP contribution is 2.55. The maximum atomic E-state index is 10.6. The lowest BCUT2D eigenvalue weighted by molar-refractivity contribution is -0.0185. The van der Waals surface area contributed by atoms with Crippen LogP contribution >= 0.6 is 0 Å². The van der Waals surface area contributed by atoms with Crippen molar-refractivity contribution in [2.24, 2.45) is 11.8 Å². The Labute approximate surface area is 84.0 Å². The third-order valence-corrected chi connectivity index (χ3v) is 3.98. The molecular formula is C12H15NO. The molecule has 2 saturated carbocycles. The molecule has 1 aromatic heterocycles. The van der Waals surface area contributed by atoms with Crippen molar-refractivity contribution in [2.45, 2.75) is 31.3 Å². The van der Waals surface area contributed by atoms with Gasteiger partial charge < -0.3 is 5.11 Å². The summed E-state index contributed by atoms with van der Waals surface area (Å²) in [5, 5.41) is 10.6. The van der Waals surface area contributed by atoms with Gasteiger partial charge in [0.15, 0.2) is 0 Å². The molecule has 1 heterocycles. The van der Waals surface area contributed by atoms with Crippen LogP contribution in [0.25, 0.3) is 0 Å². The third kappa shape index (κ3) is 1.04. The van der Waals surface area contributed by atoms with E-state index in [9.17, 15) is 5.11 Å². The lowest BCUT2D eigenvalue weighted by Gasteiger charge is -2.32. The standard InChI is InChI=1S/C12H15NO/c14-12(11-2-1-5-13-8-11)7-9-3-4-10(12)6-9/h1-2,5,8-10,14H,3-4,6-7H2. The fourth-order valence-corrected chi connectivity index (χ4v) is 3.27. The summed E-state index contributed by atoms with van der Waals surface area (Å²) in [7, 11) is 0. The lowest BCUT2D eigenvalue weighted by Crippen LogP contribution is -2.32. The molecule has 2 nitrogen and oxygen atoms in total. The molecule has 2 aliphatic carbocycles. The predicted octanol–water partition coefficient (Wildman–Crippen LogP) is 2.09. The van der Waals surface area contributed by atoms with E-state index in [1.54, 1.807) is 6.20 Å². The van der Waals surface area contributed by atoms with Gasteiger partial charge in [0.2, 0.25) is 0 Å². The Bertz CT molecular complexity index is 337. The van der Waals surface area contributed by atoms with E-state index < -0.39 is 5.60 Å². The van der Waals surface area contributed by atoms with E-state index in [4.69, 9.17) is 0 Å². The number of aliphatic hydroxyl groups is 1. The molecule has 2 heteroatoms. The minimum Gasteiger partial charge on any atom is -0.385 e. The van der Waals surface area contributed by atoms with Crippen LogP contribution in [-0.2, 0) is 5.60 Å². The zero-order chi connectivity index (χ0) is 9.60. The van der Waals surface area contributed by atoms with E-state index >= 15 is 0 Å². The van der Waals surface area contributed by atoms with Gasteiger partial charge in [0.25, 0.3) is 0 Å². The molecule has 2 fully saturated rings. The molecule has 0 radical (unpaired) electrons. The molecule has 0 aliphatic heterocycles. The first kappa shape index (κ1) is 8.42. The number of pyridine rings is 1. The molecule has 74 valence electrons. The summed E-state index contributed by atoms with van der Waals surface area (Å²) in [4.78, 5) is 4.10. The first-order chi connectivity index (χ1) is 6.79. The van der Waals surface area contributed by atoms with Gasteiger partial charge in [-0.05, 0) is 43.6 Å². The van der Waals surface area contributed by atoms with Crippen LogP contribution in [0.2, 0.25) is 0 Å². The molecular weight excluding hydrogens is 174 g/mol. The number of hydrogen-bond acceptors (Lipinski definition) is 2. The van der Waals surface area contributed by atoms with Crippen LogP contribution in [0, 0.1) is 11.8 Å². The second kappa shape index (κ2) is 2.80. The fraction of sp³-hybridized carbons (Fsp3) is 0.583. The van der Waals surface area contributed by atoms with Crippen LogP contribution in [-0.4, -0.2) is 10.1 Å². The summed E-state index contributed by atoms with van der Waals surface area (Å²) in [5.74, 6) is 1.24. The van der Waals surface area contributed by atoms with E-state index in [1.807, 2.05) is 18.3 Å². The molecule has 0 saturated heterocycles. The van der Waals surface area contributed by atoms with Gasteiger partial charge >= 0.3 is 0 Å². The van der Waals surface area contributed by atoms with Crippen molar-refractivity contribution in [3.05, 3.63) is 30.1 Å². The maximum Gasteiger partial charge on any atom is 0.0942 e. The SMILES string of the molecule is OC1(c2cccnc2)CC2CCC1C2. The van der Waals surface area contributed by atoms with Crippen molar-refractivity contribution < 1.29 is 5.11 Å². The lowest BCUT2D eigenvalue weighted by atomic mass is 9.80. The highest BCUT2D eigenvalue weighted by molar-refractivity contribution is 5.23. The Morgan fingerprint density at radius 1 is 1.43 bits per heavy atom. The van der Waals surface area contributed by atoms with Gasteiger partial charge in [0, 0.05) is 18.0 Å². The van der Waals surface area contributed by atoms with Gasteiger partial charge in [0.1, 0.15) is 0 Å². The van der Waals surface area contributed by atoms with Crippen molar-refractivity contribution in [1.29, 1.82) is 0 Å². The number of fused-ring (bicyclic) bond motifs is 2. The van der Waals surface area contributed by atoms with Gasteiger partial charge in [-0.25, -0.2) is 0 Å². The van der Waals surface area contributed by atoms with E-state index in [0.717, 1.165) is 17.9 Å². The molecule has 2 aliphatic rings. The fourth-order valence-electron chi connectivity index (χ4n) is 3.27. The summed E-state index contributed by atoms with van der Waals surface area (Å²) < 4.78 is 0. The van der Waals surface area contributed by atoms with Crippen LogP contribution in [0.4, 0.5) is 0 Å². The Balaban J connectivity index is 1.98.